The Hall–Kier alpha value is -3.86. The number of ether oxygens (including phenoxy) is 1. The van der Waals surface area contributed by atoms with Crippen molar-refractivity contribution in [3.05, 3.63) is 70.0 Å². The number of fused-ring (bicyclic) bond motifs is 1. The predicted molar refractivity (Wildman–Crippen MR) is 140 cm³/mol. The fourth-order valence-electron chi connectivity index (χ4n) is 4.23. The topological polar surface area (TPSA) is 120 Å². The van der Waals surface area contributed by atoms with Gasteiger partial charge in [0.25, 0.3) is 15.9 Å². The minimum Gasteiger partial charge on any atom is -0.450 e. The first-order valence-corrected chi connectivity index (χ1v) is 13.6. The van der Waals surface area contributed by atoms with E-state index >= 15 is 0 Å². The van der Waals surface area contributed by atoms with Gasteiger partial charge >= 0.3 is 6.09 Å². The quantitative estimate of drug-likeness (QED) is 0.527. The number of sulfonamides is 1. The lowest BCUT2D eigenvalue weighted by atomic mass is 10.1. The molecule has 2 heterocycles. The van der Waals surface area contributed by atoms with Crippen molar-refractivity contribution in [2.24, 2.45) is 0 Å². The van der Waals surface area contributed by atoms with E-state index in [2.05, 4.69) is 4.98 Å². The number of anilines is 1. The van der Waals surface area contributed by atoms with Crippen LogP contribution < -0.4 is 9.73 Å². The first-order valence-electron chi connectivity index (χ1n) is 12.1. The third-order valence-electron chi connectivity index (χ3n) is 6.54. The summed E-state index contributed by atoms with van der Waals surface area (Å²) in [5.74, 6) is -0.479. The lowest BCUT2D eigenvalue weighted by molar-refractivity contribution is 0.0569. The number of aromatic nitrogens is 1. The highest BCUT2D eigenvalue weighted by atomic mass is 32.2. The van der Waals surface area contributed by atoms with E-state index in [1.165, 1.54) is 45.5 Å². The van der Waals surface area contributed by atoms with E-state index in [1.807, 2.05) is 19.1 Å². The molecule has 1 aliphatic heterocycles. The molecule has 0 spiro atoms. The van der Waals surface area contributed by atoms with Gasteiger partial charge in [-0.05, 0) is 49.2 Å². The number of benzene rings is 2. The van der Waals surface area contributed by atoms with E-state index in [1.54, 1.807) is 19.1 Å². The zero-order chi connectivity index (χ0) is 26.7. The van der Waals surface area contributed by atoms with Crippen LogP contribution in [0.1, 0.15) is 29.8 Å². The number of amides is 2. The van der Waals surface area contributed by atoms with Crippen molar-refractivity contribution in [2.45, 2.75) is 25.2 Å². The monoisotopic (exact) mass is 526 g/mol. The second-order valence-electron chi connectivity index (χ2n) is 8.71. The van der Waals surface area contributed by atoms with Gasteiger partial charge in [0, 0.05) is 50.3 Å². The van der Waals surface area contributed by atoms with Gasteiger partial charge in [-0.15, -0.1) is 0 Å². The lowest BCUT2D eigenvalue weighted by Gasteiger charge is -2.33. The fraction of sp³-hybridized carbons (Fsp3) is 0.346. The van der Waals surface area contributed by atoms with Gasteiger partial charge in [-0.25, -0.2) is 13.2 Å². The third kappa shape index (κ3) is 5.17. The van der Waals surface area contributed by atoms with Gasteiger partial charge in [0.2, 0.25) is 5.43 Å². The molecule has 3 aromatic rings. The Kier molecular flexibility index (Phi) is 7.53. The third-order valence-corrected chi connectivity index (χ3v) is 8.32. The molecule has 11 heteroatoms. The van der Waals surface area contributed by atoms with Crippen molar-refractivity contribution >= 4 is 38.6 Å². The van der Waals surface area contributed by atoms with Crippen LogP contribution in [0.3, 0.4) is 0 Å². The Labute approximate surface area is 215 Å². The largest absolute Gasteiger partial charge is 0.450 e. The molecule has 1 fully saturated rings. The number of H-pyrrole nitrogens is 1. The summed E-state index contributed by atoms with van der Waals surface area (Å²) in [6.45, 7) is 5.11. The maximum absolute atomic E-state index is 13.3. The second kappa shape index (κ2) is 10.6. The molecular weight excluding hydrogens is 496 g/mol. The smallest absolute Gasteiger partial charge is 0.409 e. The molecule has 4 rings (SSSR count). The minimum absolute atomic E-state index is 0.0554. The van der Waals surface area contributed by atoms with Crippen LogP contribution in [-0.4, -0.2) is 75.0 Å². The maximum atomic E-state index is 13.3. The van der Waals surface area contributed by atoms with Gasteiger partial charge in [-0.2, -0.15) is 0 Å². The van der Waals surface area contributed by atoms with Crippen LogP contribution in [0.25, 0.3) is 10.9 Å². The molecule has 1 saturated heterocycles. The predicted octanol–water partition coefficient (Wildman–Crippen LogP) is 2.83. The van der Waals surface area contributed by atoms with Crippen molar-refractivity contribution in [1.29, 1.82) is 0 Å². The van der Waals surface area contributed by atoms with Gasteiger partial charge in [-0.1, -0.05) is 19.1 Å². The highest BCUT2D eigenvalue weighted by Gasteiger charge is 2.28. The first kappa shape index (κ1) is 26.2. The number of carbonyl (C=O) groups excluding carboxylic acids is 2. The molecule has 2 aromatic carbocycles. The summed E-state index contributed by atoms with van der Waals surface area (Å²) in [5.41, 5.74) is 1.36. The number of pyridine rings is 1. The molecular formula is C26H30N4O6S. The average molecular weight is 527 g/mol. The summed E-state index contributed by atoms with van der Waals surface area (Å²) in [6, 6.07) is 11.5. The van der Waals surface area contributed by atoms with Gasteiger partial charge < -0.3 is 19.5 Å². The summed E-state index contributed by atoms with van der Waals surface area (Å²) in [5, 5.41) is 0.104. The highest BCUT2D eigenvalue weighted by molar-refractivity contribution is 7.92. The van der Waals surface area contributed by atoms with Crippen molar-refractivity contribution < 1.29 is 22.7 Å². The number of rotatable bonds is 6. The molecule has 0 atom stereocenters. The van der Waals surface area contributed by atoms with Gasteiger partial charge in [-0.3, -0.25) is 13.9 Å². The number of hydrogen-bond donors (Lipinski definition) is 1. The van der Waals surface area contributed by atoms with Crippen molar-refractivity contribution in [3.63, 3.8) is 0 Å². The summed E-state index contributed by atoms with van der Waals surface area (Å²) in [4.78, 5) is 44.3. The van der Waals surface area contributed by atoms with E-state index in [9.17, 15) is 22.8 Å². The fourth-order valence-corrected chi connectivity index (χ4v) is 5.45. The number of aromatic amines is 1. The maximum Gasteiger partial charge on any atom is 0.409 e. The number of piperazine rings is 1. The highest BCUT2D eigenvalue weighted by Crippen LogP contribution is 2.24. The van der Waals surface area contributed by atoms with Crippen molar-refractivity contribution in [2.75, 3.05) is 44.1 Å². The number of nitrogens with one attached hydrogen (secondary N) is 1. The molecule has 2 amide bonds. The lowest BCUT2D eigenvalue weighted by Crippen LogP contribution is -2.51. The van der Waals surface area contributed by atoms with Crippen LogP contribution in [0.4, 0.5) is 10.5 Å². The molecule has 1 aromatic heterocycles. The zero-order valence-electron chi connectivity index (χ0n) is 21.1. The van der Waals surface area contributed by atoms with E-state index in [0.717, 1.165) is 12.0 Å². The second-order valence-corrected chi connectivity index (χ2v) is 10.7. The summed E-state index contributed by atoms with van der Waals surface area (Å²) in [6.07, 6.45) is 1.75. The summed E-state index contributed by atoms with van der Waals surface area (Å²) >= 11 is 0. The molecule has 0 aliphatic carbocycles. The number of nitrogens with zero attached hydrogens (tertiary/aromatic N) is 3. The standard InChI is InChI=1S/C26H30N4O6S/c1-4-18-6-8-19(9-7-18)28(3)37(34,35)20-10-11-23-21(16-20)24(31)22(17-27-23)25(32)29-12-14-30(15-13-29)26(33)36-5-2/h6-11,16-17H,4-5,12-15H2,1-3H3,(H,27,31). The Morgan fingerprint density at radius 2 is 1.65 bits per heavy atom. The number of hydrogen-bond acceptors (Lipinski definition) is 6. The SMILES string of the molecule is CCOC(=O)N1CCN(C(=O)c2c[nH]c3ccc(S(=O)(=O)N(C)c4ccc(CC)cc4)cc3c2=O)CC1. The molecule has 0 unspecified atom stereocenters. The van der Waals surface area contributed by atoms with E-state index in [0.29, 0.717) is 24.3 Å². The first-order chi connectivity index (χ1) is 17.7. The van der Waals surface area contributed by atoms with Gasteiger partial charge in [0.15, 0.2) is 0 Å². The van der Waals surface area contributed by atoms with E-state index in [4.69, 9.17) is 4.74 Å². The summed E-state index contributed by atoms with van der Waals surface area (Å²) < 4.78 is 32.8. The molecule has 1 aliphatic rings. The Morgan fingerprint density at radius 1 is 1.00 bits per heavy atom. The van der Waals surface area contributed by atoms with Gasteiger partial charge in [0.1, 0.15) is 5.56 Å². The zero-order valence-corrected chi connectivity index (χ0v) is 21.9. The van der Waals surface area contributed by atoms with Crippen LogP contribution in [0, 0.1) is 0 Å². The van der Waals surface area contributed by atoms with Crippen LogP contribution in [-0.2, 0) is 21.2 Å². The minimum atomic E-state index is -3.96. The molecule has 0 radical (unpaired) electrons. The Morgan fingerprint density at radius 3 is 2.27 bits per heavy atom. The normalized spacial score (nSPS) is 14.0. The van der Waals surface area contributed by atoms with Crippen molar-refractivity contribution in [3.8, 4) is 0 Å². The van der Waals surface area contributed by atoms with Crippen molar-refractivity contribution in [1.82, 2.24) is 14.8 Å². The van der Waals surface area contributed by atoms with Crippen LogP contribution >= 0.6 is 0 Å². The molecule has 0 saturated carbocycles. The van der Waals surface area contributed by atoms with E-state index < -0.39 is 27.5 Å². The molecule has 0 bridgehead atoms. The molecule has 37 heavy (non-hydrogen) atoms. The Balaban J connectivity index is 1.60. The molecule has 10 nitrogen and oxygen atoms in total. The molecule has 1 N–H and O–H groups in total. The van der Waals surface area contributed by atoms with Gasteiger partial charge in [0.05, 0.1) is 17.2 Å². The Bertz CT molecular complexity index is 1480. The number of aryl methyl sites for hydroxylation is 1. The van der Waals surface area contributed by atoms with Crippen LogP contribution in [0.2, 0.25) is 0 Å². The van der Waals surface area contributed by atoms with Crippen LogP contribution in [0.15, 0.2) is 58.4 Å². The summed E-state index contributed by atoms with van der Waals surface area (Å²) in [7, 11) is -2.50. The molecule has 196 valence electrons. The van der Waals surface area contributed by atoms with Crippen LogP contribution in [0.5, 0.6) is 0 Å². The number of carbonyl (C=O) groups is 2. The van der Waals surface area contributed by atoms with E-state index in [-0.39, 0.29) is 35.5 Å². The average Bonchev–Trinajstić information content (AvgIpc) is 2.92.